The Morgan fingerprint density at radius 1 is 1.14 bits per heavy atom. The predicted octanol–water partition coefficient (Wildman–Crippen LogP) is 4.22. The molecule has 2 atom stereocenters. The Morgan fingerprint density at radius 3 is 2.45 bits per heavy atom. The highest BCUT2D eigenvalue weighted by Crippen LogP contribution is 2.47. The minimum Gasteiger partial charge on any atom is -0.497 e. The lowest BCUT2D eigenvalue weighted by molar-refractivity contribution is -0.141. The molecule has 1 N–H and O–H groups in total. The molecule has 5 rings (SSSR count). The van der Waals surface area contributed by atoms with Crippen LogP contribution in [0.5, 0.6) is 5.75 Å². The van der Waals surface area contributed by atoms with Crippen LogP contribution < -0.4 is 10.1 Å². The van der Waals surface area contributed by atoms with Crippen LogP contribution in [0.25, 0.3) is 0 Å². The van der Waals surface area contributed by atoms with Crippen molar-refractivity contribution in [3.63, 3.8) is 0 Å². The van der Waals surface area contributed by atoms with Gasteiger partial charge >= 0.3 is 6.18 Å². The summed E-state index contributed by atoms with van der Waals surface area (Å²) >= 11 is 0. The first-order valence-corrected chi connectivity index (χ1v) is 9.87. The summed E-state index contributed by atoms with van der Waals surface area (Å²) in [5, 5.41) is 3.20. The van der Waals surface area contributed by atoms with Crippen molar-refractivity contribution in [1.29, 1.82) is 0 Å². The molecule has 2 aromatic rings. The van der Waals surface area contributed by atoms with Gasteiger partial charge in [-0.2, -0.15) is 13.2 Å². The topological polar surface area (TPSA) is 50.3 Å². The SMILES string of the molecule is COc1ccc(CN2C3CC(C3)C(C)C2CNc2cnc(C(F)(F)F)cn2)cc1. The Balaban J connectivity index is 1.43. The van der Waals surface area contributed by atoms with Gasteiger partial charge in [0.05, 0.1) is 19.5 Å². The average molecular weight is 406 g/mol. The first-order valence-electron chi connectivity index (χ1n) is 9.87. The summed E-state index contributed by atoms with van der Waals surface area (Å²) < 4.78 is 43.2. The first-order chi connectivity index (χ1) is 13.8. The highest BCUT2D eigenvalue weighted by Gasteiger charge is 2.48. The van der Waals surface area contributed by atoms with E-state index in [0.29, 0.717) is 30.4 Å². The zero-order valence-corrected chi connectivity index (χ0v) is 16.5. The van der Waals surface area contributed by atoms with E-state index in [2.05, 4.69) is 39.2 Å². The van der Waals surface area contributed by atoms with Crippen molar-refractivity contribution >= 4 is 5.82 Å². The molecule has 2 unspecified atom stereocenters. The standard InChI is InChI=1S/C21H25F3N4O/c1-13-15-7-16(8-15)28(12-14-3-5-17(29-2)6-4-14)18(13)9-26-20-11-25-19(10-27-20)21(22,23)24/h3-6,10-11,13,15-16,18H,7-9,12H2,1-2H3,(H,26,27). The van der Waals surface area contributed by atoms with E-state index in [-0.39, 0.29) is 0 Å². The van der Waals surface area contributed by atoms with Crippen LogP contribution in [0.3, 0.4) is 0 Å². The van der Waals surface area contributed by atoms with Crippen LogP contribution in [0.1, 0.15) is 31.0 Å². The van der Waals surface area contributed by atoms with Crippen LogP contribution in [-0.2, 0) is 12.7 Å². The fourth-order valence-electron chi connectivity index (χ4n) is 4.48. The Kier molecular flexibility index (Phi) is 5.38. The average Bonchev–Trinajstić information content (AvgIpc) is 2.66. The quantitative estimate of drug-likeness (QED) is 0.779. The van der Waals surface area contributed by atoms with Gasteiger partial charge in [0.25, 0.3) is 0 Å². The van der Waals surface area contributed by atoms with Gasteiger partial charge in [0, 0.05) is 25.2 Å². The second kappa shape index (κ2) is 7.82. The second-order valence-electron chi connectivity index (χ2n) is 8.00. The monoisotopic (exact) mass is 406 g/mol. The van der Waals surface area contributed by atoms with Crippen molar-refractivity contribution in [3.05, 3.63) is 47.9 Å². The zero-order valence-electron chi connectivity index (χ0n) is 16.5. The Hall–Kier alpha value is -2.35. The third kappa shape index (κ3) is 4.17. The number of aromatic nitrogens is 2. The minimum atomic E-state index is -4.47. The first kappa shape index (κ1) is 19.9. The van der Waals surface area contributed by atoms with Crippen LogP contribution in [-0.4, -0.2) is 40.6 Å². The van der Waals surface area contributed by atoms with Crippen molar-refractivity contribution in [1.82, 2.24) is 14.9 Å². The Bertz CT molecular complexity index is 819. The predicted molar refractivity (Wildman–Crippen MR) is 104 cm³/mol. The van der Waals surface area contributed by atoms with Gasteiger partial charge in [0.15, 0.2) is 5.69 Å². The molecule has 2 saturated heterocycles. The number of nitrogens with zero attached hydrogens (tertiary/aromatic N) is 3. The summed E-state index contributed by atoms with van der Waals surface area (Å²) in [4.78, 5) is 9.90. The van der Waals surface area contributed by atoms with Gasteiger partial charge in [-0.1, -0.05) is 19.1 Å². The summed E-state index contributed by atoms with van der Waals surface area (Å²) in [6.45, 7) is 3.74. The summed E-state index contributed by atoms with van der Waals surface area (Å²) in [6.07, 6.45) is -0.105. The molecular formula is C21H25F3N4O. The van der Waals surface area contributed by atoms with Gasteiger partial charge in [-0.25, -0.2) is 9.97 Å². The van der Waals surface area contributed by atoms with Gasteiger partial charge in [-0.15, -0.1) is 0 Å². The van der Waals surface area contributed by atoms with Crippen LogP contribution in [0.2, 0.25) is 0 Å². The lowest BCUT2D eigenvalue weighted by Crippen LogP contribution is -2.62. The molecule has 29 heavy (non-hydrogen) atoms. The number of benzene rings is 1. The molecule has 3 aliphatic rings. The van der Waals surface area contributed by atoms with Crippen molar-refractivity contribution in [2.24, 2.45) is 11.8 Å². The van der Waals surface area contributed by atoms with E-state index in [0.717, 1.165) is 30.6 Å². The van der Waals surface area contributed by atoms with Crippen LogP contribution in [0.4, 0.5) is 19.0 Å². The molecule has 0 spiro atoms. The van der Waals surface area contributed by atoms with Gasteiger partial charge < -0.3 is 10.1 Å². The number of hydrogen-bond donors (Lipinski definition) is 1. The lowest BCUT2D eigenvalue weighted by atomic mass is 9.64. The Labute approximate surface area is 168 Å². The maximum atomic E-state index is 12.7. The van der Waals surface area contributed by atoms with E-state index in [1.807, 2.05) is 12.1 Å². The molecule has 0 radical (unpaired) electrons. The van der Waals surface area contributed by atoms with Crippen molar-refractivity contribution in [2.75, 3.05) is 19.0 Å². The number of halogens is 3. The number of methoxy groups -OCH3 is 1. The molecule has 2 aliphatic heterocycles. The molecule has 156 valence electrons. The normalized spacial score (nSPS) is 26.7. The minimum absolute atomic E-state index is 0.290. The summed E-state index contributed by atoms with van der Waals surface area (Å²) in [5.74, 6) is 2.43. The van der Waals surface area contributed by atoms with E-state index in [1.165, 1.54) is 18.4 Å². The fraction of sp³-hybridized carbons (Fsp3) is 0.524. The molecular weight excluding hydrogens is 381 g/mol. The summed E-state index contributed by atoms with van der Waals surface area (Å²) in [7, 11) is 1.65. The van der Waals surface area contributed by atoms with Crippen molar-refractivity contribution in [3.8, 4) is 5.75 Å². The maximum Gasteiger partial charge on any atom is 0.434 e. The number of ether oxygens (including phenoxy) is 1. The summed E-state index contributed by atoms with van der Waals surface area (Å²) in [6, 6.07) is 8.96. The van der Waals surface area contributed by atoms with Gasteiger partial charge in [-0.3, -0.25) is 4.90 Å². The van der Waals surface area contributed by atoms with Crippen LogP contribution in [0.15, 0.2) is 36.7 Å². The zero-order chi connectivity index (χ0) is 20.6. The third-order valence-electron chi connectivity index (χ3n) is 6.35. The molecule has 3 heterocycles. The maximum absolute atomic E-state index is 12.7. The van der Waals surface area contributed by atoms with Crippen molar-refractivity contribution < 1.29 is 17.9 Å². The molecule has 1 aromatic heterocycles. The number of rotatable bonds is 6. The second-order valence-corrected chi connectivity index (χ2v) is 8.00. The smallest absolute Gasteiger partial charge is 0.434 e. The fourth-order valence-corrected chi connectivity index (χ4v) is 4.48. The van der Waals surface area contributed by atoms with Gasteiger partial charge in [0.1, 0.15) is 11.6 Å². The number of alkyl halides is 3. The molecule has 1 aliphatic carbocycles. The Morgan fingerprint density at radius 2 is 1.86 bits per heavy atom. The van der Waals surface area contributed by atoms with E-state index in [1.54, 1.807) is 7.11 Å². The van der Waals surface area contributed by atoms with Crippen LogP contribution in [0, 0.1) is 11.8 Å². The largest absolute Gasteiger partial charge is 0.497 e. The molecule has 5 nitrogen and oxygen atoms in total. The van der Waals surface area contributed by atoms with Crippen molar-refractivity contribution in [2.45, 2.75) is 44.6 Å². The molecule has 3 fully saturated rings. The van der Waals surface area contributed by atoms with E-state index < -0.39 is 11.9 Å². The summed E-state index contributed by atoms with van der Waals surface area (Å²) in [5.41, 5.74) is 0.249. The third-order valence-corrected chi connectivity index (χ3v) is 6.35. The molecule has 8 heteroatoms. The number of fused-ring (bicyclic) bond motifs is 2. The van der Waals surface area contributed by atoms with E-state index in [4.69, 9.17) is 4.74 Å². The highest BCUT2D eigenvalue weighted by molar-refractivity contribution is 5.32. The number of anilines is 1. The molecule has 0 amide bonds. The molecule has 2 bridgehead atoms. The van der Waals surface area contributed by atoms with E-state index >= 15 is 0 Å². The number of nitrogens with one attached hydrogen (secondary N) is 1. The number of hydrogen-bond acceptors (Lipinski definition) is 5. The molecule has 1 aromatic carbocycles. The van der Waals surface area contributed by atoms with E-state index in [9.17, 15) is 13.2 Å². The molecule has 1 saturated carbocycles. The highest BCUT2D eigenvalue weighted by atomic mass is 19.4. The van der Waals surface area contributed by atoms with Gasteiger partial charge in [-0.05, 0) is 42.4 Å². The number of piperidine rings is 2. The lowest BCUT2D eigenvalue weighted by Gasteiger charge is -2.57. The van der Waals surface area contributed by atoms with Gasteiger partial charge in [0.2, 0.25) is 0 Å². The van der Waals surface area contributed by atoms with Crippen LogP contribution >= 0.6 is 0 Å².